The number of hydrogen-bond donors (Lipinski definition) is 1. The first-order chi connectivity index (χ1) is 8.99. The first kappa shape index (κ1) is 14.5. The molecule has 0 amide bonds. The van der Waals surface area contributed by atoms with Crippen LogP contribution in [0.1, 0.15) is 39.2 Å². The van der Waals surface area contributed by atoms with Gasteiger partial charge in [0.25, 0.3) is 0 Å². The first-order valence-electron chi connectivity index (χ1n) is 7.45. The summed E-state index contributed by atoms with van der Waals surface area (Å²) in [5.41, 5.74) is 1.43. The Labute approximate surface area is 116 Å². The highest BCUT2D eigenvalue weighted by Crippen LogP contribution is 2.40. The van der Waals surface area contributed by atoms with Crippen molar-refractivity contribution < 1.29 is 4.39 Å². The van der Waals surface area contributed by atoms with Gasteiger partial charge in [-0.1, -0.05) is 32.9 Å². The summed E-state index contributed by atoms with van der Waals surface area (Å²) in [6, 6.07) is 7.11. The Bertz CT molecular complexity index is 415. The van der Waals surface area contributed by atoms with Crippen molar-refractivity contribution in [2.75, 3.05) is 13.1 Å². The molecule has 1 saturated heterocycles. The largest absolute Gasteiger partial charge is 0.316 e. The summed E-state index contributed by atoms with van der Waals surface area (Å²) < 4.78 is 13.3. The molecule has 1 N–H and O–H groups in total. The van der Waals surface area contributed by atoms with E-state index in [1.54, 1.807) is 6.07 Å². The molecule has 0 aromatic heterocycles. The smallest absolute Gasteiger partial charge is 0.123 e. The van der Waals surface area contributed by atoms with E-state index in [0.29, 0.717) is 11.3 Å². The maximum Gasteiger partial charge on any atom is 0.123 e. The fraction of sp³-hybridized carbons (Fsp3) is 0.647. The van der Waals surface area contributed by atoms with Crippen molar-refractivity contribution in [3.63, 3.8) is 0 Å². The molecular weight excluding hydrogens is 237 g/mol. The van der Waals surface area contributed by atoms with Gasteiger partial charge in [0.1, 0.15) is 5.82 Å². The molecule has 0 bridgehead atoms. The number of benzene rings is 1. The van der Waals surface area contributed by atoms with E-state index in [4.69, 9.17) is 0 Å². The van der Waals surface area contributed by atoms with Crippen LogP contribution in [0.25, 0.3) is 0 Å². The summed E-state index contributed by atoms with van der Waals surface area (Å²) in [4.78, 5) is 0. The summed E-state index contributed by atoms with van der Waals surface area (Å²) in [6.07, 6.45) is 3.42. The van der Waals surface area contributed by atoms with Crippen molar-refractivity contribution >= 4 is 0 Å². The molecule has 1 fully saturated rings. The molecule has 1 aliphatic rings. The third kappa shape index (κ3) is 3.79. The molecule has 2 unspecified atom stereocenters. The average molecular weight is 263 g/mol. The number of halogens is 1. The zero-order chi connectivity index (χ0) is 13.9. The van der Waals surface area contributed by atoms with Crippen molar-refractivity contribution in [1.82, 2.24) is 5.32 Å². The van der Waals surface area contributed by atoms with E-state index in [1.165, 1.54) is 18.9 Å². The summed E-state index contributed by atoms with van der Waals surface area (Å²) in [5.74, 6) is 1.29. The molecule has 2 rings (SSSR count). The number of nitrogens with one attached hydrogen (secondary N) is 1. The molecule has 2 atom stereocenters. The Balaban J connectivity index is 2.13. The molecule has 106 valence electrons. The maximum atomic E-state index is 13.3. The molecule has 2 heteroatoms. The van der Waals surface area contributed by atoms with Gasteiger partial charge in [-0.25, -0.2) is 4.39 Å². The molecule has 1 nitrogen and oxygen atoms in total. The fourth-order valence-corrected chi connectivity index (χ4v) is 3.38. The van der Waals surface area contributed by atoms with Gasteiger partial charge >= 0.3 is 0 Å². The van der Waals surface area contributed by atoms with Gasteiger partial charge in [-0.05, 0) is 67.3 Å². The monoisotopic (exact) mass is 263 g/mol. The van der Waals surface area contributed by atoms with Gasteiger partial charge in [-0.2, -0.15) is 0 Å². The minimum atomic E-state index is -0.115. The van der Waals surface area contributed by atoms with Crippen LogP contribution in [0.2, 0.25) is 0 Å². The zero-order valence-corrected chi connectivity index (χ0v) is 12.4. The summed E-state index contributed by atoms with van der Waals surface area (Å²) in [5, 5.41) is 3.52. The van der Waals surface area contributed by atoms with Crippen LogP contribution in [0.4, 0.5) is 4.39 Å². The van der Waals surface area contributed by atoms with E-state index in [9.17, 15) is 4.39 Å². The third-order valence-electron chi connectivity index (χ3n) is 4.50. The van der Waals surface area contributed by atoms with Gasteiger partial charge in [0, 0.05) is 0 Å². The second-order valence-corrected chi connectivity index (χ2v) is 6.74. The summed E-state index contributed by atoms with van der Waals surface area (Å²) in [7, 11) is 0. The molecular formula is C17H26FN. The van der Waals surface area contributed by atoms with Crippen LogP contribution < -0.4 is 5.32 Å². The Morgan fingerprint density at radius 1 is 1.42 bits per heavy atom. The highest BCUT2D eigenvalue weighted by Gasteiger charge is 2.36. The summed E-state index contributed by atoms with van der Waals surface area (Å²) >= 11 is 0. The van der Waals surface area contributed by atoms with Crippen molar-refractivity contribution in [2.45, 2.75) is 40.0 Å². The highest BCUT2D eigenvalue weighted by molar-refractivity contribution is 5.18. The van der Waals surface area contributed by atoms with E-state index in [0.717, 1.165) is 31.0 Å². The number of rotatable bonds is 4. The molecule has 1 heterocycles. The number of piperidine rings is 1. The van der Waals surface area contributed by atoms with Crippen LogP contribution in [-0.2, 0) is 6.42 Å². The normalized spacial score (nSPS) is 27.7. The van der Waals surface area contributed by atoms with Crippen molar-refractivity contribution in [1.29, 1.82) is 0 Å². The van der Waals surface area contributed by atoms with Gasteiger partial charge in [0.15, 0.2) is 0 Å². The van der Waals surface area contributed by atoms with Crippen LogP contribution in [-0.4, -0.2) is 13.1 Å². The average Bonchev–Trinajstić information content (AvgIpc) is 2.31. The van der Waals surface area contributed by atoms with E-state index < -0.39 is 0 Å². The Kier molecular flexibility index (Phi) is 4.62. The lowest BCUT2D eigenvalue weighted by atomic mass is 9.66. The summed E-state index contributed by atoms with van der Waals surface area (Å²) in [6.45, 7) is 9.14. The fourth-order valence-electron chi connectivity index (χ4n) is 3.38. The van der Waals surface area contributed by atoms with E-state index >= 15 is 0 Å². The van der Waals surface area contributed by atoms with Gasteiger partial charge in [-0.15, -0.1) is 0 Å². The lowest BCUT2D eigenvalue weighted by Gasteiger charge is -2.43. The number of hydrogen-bond acceptors (Lipinski definition) is 1. The molecule has 1 aromatic carbocycles. The highest BCUT2D eigenvalue weighted by atomic mass is 19.1. The van der Waals surface area contributed by atoms with Gasteiger partial charge in [0.05, 0.1) is 0 Å². The first-order valence-corrected chi connectivity index (χ1v) is 7.45. The Hall–Kier alpha value is -0.890. The molecule has 19 heavy (non-hydrogen) atoms. The quantitative estimate of drug-likeness (QED) is 0.865. The molecule has 1 aromatic rings. The van der Waals surface area contributed by atoms with Gasteiger partial charge < -0.3 is 5.32 Å². The van der Waals surface area contributed by atoms with Crippen LogP contribution >= 0.6 is 0 Å². The Morgan fingerprint density at radius 3 is 2.89 bits per heavy atom. The van der Waals surface area contributed by atoms with Crippen molar-refractivity contribution in [2.24, 2.45) is 17.3 Å². The van der Waals surface area contributed by atoms with E-state index in [-0.39, 0.29) is 5.82 Å². The topological polar surface area (TPSA) is 12.0 Å². The predicted molar refractivity (Wildman–Crippen MR) is 78.6 cm³/mol. The standard InChI is InChI=1S/C17H26FN/c1-13(2)9-15-12-19-8-7-17(15,3)11-14-5-4-6-16(18)10-14/h4-6,10,13,15,19H,7-9,11-12H2,1-3H3. The second kappa shape index (κ2) is 6.04. The van der Waals surface area contributed by atoms with Crippen molar-refractivity contribution in [3.05, 3.63) is 35.6 Å². The lowest BCUT2D eigenvalue weighted by molar-refractivity contribution is 0.109. The molecule has 0 spiro atoms. The SMILES string of the molecule is CC(C)CC1CNCCC1(C)Cc1cccc(F)c1. The minimum absolute atomic E-state index is 0.115. The van der Waals surface area contributed by atoms with Crippen LogP contribution in [0, 0.1) is 23.1 Å². The van der Waals surface area contributed by atoms with Crippen LogP contribution in [0.3, 0.4) is 0 Å². The third-order valence-corrected chi connectivity index (χ3v) is 4.50. The zero-order valence-electron chi connectivity index (χ0n) is 12.4. The molecule has 0 saturated carbocycles. The van der Waals surface area contributed by atoms with Gasteiger partial charge in [-0.3, -0.25) is 0 Å². The van der Waals surface area contributed by atoms with Crippen molar-refractivity contribution in [3.8, 4) is 0 Å². The van der Waals surface area contributed by atoms with Gasteiger partial charge in [0.2, 0.25) is 0 Å². The minimum Gasteiger partial charge on any atom is -0.316 e. The molecule has 0 aliphatic carbocycles. The van der Waals surface area contributed by atoms with Crippen LogP contribution in [0.5, 0.6) is 0 Å². The lowest BCUT2D eigenvalue weighted by Crippen LogP contribution is -2.45. The maximum absolute atomic E-state index is 13.3. The Morgan fingerprint density at radius 2 is 2.21 bits per heavy atom. The molecule has 1 aliphatic heterocycles. The van der Waals surface area contributed by atoms with Crippen LogP contribution in [0.15, 0.2) is 24.3 Å². The van der Waals surface area contributed by atoms with E-state index in [1.807, 2.05) is 6.07 Å². The van der Waals surface area contributed by atoms with E-state index in [2.05, 4.69) is 32.2 Å². The second-order valence-electron chi connectivity index (χ2n) is 6.74. The molecule has 0 radical (unpaired) electrons. The predicted octanol–water partition coefficient (Wildman–Crippen LogP) is 4.03.